The van der Waals surface area contributed by atoms with Crippen molar-refractivity contribution in [3.63, 3.8) is 0 Å². The van der Waals surface area contributed by atoms with Crippen LogP contribution in [-0.4, -0.2) is 16.7 Å². The standard InChI is InChI=1S/C9H11F3N3.2BrH.Ni/c10-9(11,12)8-5-7(14-15-8)6-3-1-2-4-13-6;;;/h5-6H,1-4H2,(H,14,15);2*1H;/q-1;;;+3/p-2. The quantitative estimate of drug-likeness (QED) is 0.636. The van der Waals surface area contributed by atoms with E-state index in [9.17, 15) is 13.2 Å². The van der Waals surface area contributed by atoms with Gasteiger partial charge in [0.05, 0.1) is 0 Å². The van der Waals surface area contributed by atoms with Crippen molar-refractivity contribution in [2.45, 2.75) is 31.5 Å². The third-order valence-electron chi connectivity index (χ3n) is 2.48. The Labute approximate surface area is 123 Å². The first-order valence-corrected chi connectivity index (χ1v) is 9.98. The van der Waals surface area contributed by atoms with Crippen LogP contribution in [0.15, 0.2) is 6.07 Å². The number of hydrogen-bond donors (Lipinski definition) is 1. The molecule has 107 valence electrons. The Morgan fingerprint density at radius 2 is 2.06 bits per heavy atom. The normalized spacial score (nSPS) is 20.4. The zero-order valence-electron chi connectivity index (χ0n) is 9.08. The molecule has 2 rings (SSSR count). The van der Waals surface area contributed by atoms with Gasteiger partial charge in [-0.3, -0.25) is 5.10 Å². The SMILES string of the molecule is FC(F)(F)c1cc(C2CCCC[N-]2)n[nH]1.[Br][Ni+][Br]. The average Bonchev–Trinajstić information content (AvgIpc) is 2.80. The van der Waals surface area contributed by atoms with Crippen LogP contribution >= 0.6 is 28.5 Å². The Bertz CT molecular complexity index is 353. The van der Waals surface area contributed by atoms with E-state index in [2.05, 4.69) is 38.9 Å². The van der Waals surface area contributed by atoms with Crippen LogP contribution in [0.3, 0.4) is 0 Å². The first kappa shape index (κ1) is 16.5. The van der Waals surface area contributed by atoms with Crippen molar-refractivity contribution in [2.24, 2.45) is 0 Å². The summed E-state index contributed by atoms with van der Waals surface area (Å²) in [5.74, 6) is 0. The van der Waals surface area contributed by atoms with Crippen LogP contribution in [0.2, 0.25) is 0 Å². The molecule has 1 aliphatic rings. The van der Waals surface area contributed by atoms with Crippen LogP contribution in [0.25, 0.3) is 5.32 Å². The van der Waals surface area contributed by atoms with Crippen LogP contribution in [-0.2, 0) is 17.1 Å². The van der Waals surface area contributed by atoms with E-state index < -0.39 is 11.9 Å². The van der Waals surface area contributed by atoms with Gasteiger partial charge in [0.25, 0.3) is 0 Å². The van der Waals surface area contributed by atoms with Gasteiger partial charge in [0.2, 0.25) is 0 Å². The fraction of sp³-hybridized carbons (Fsp3) is 0.667. The van der Waals surface area contributed by atoms with E-state index in [0.717, 1.165) is 31.9 Å². The summed E-state index contributed by atoms with van der Waals surface area (Å²) in [5, 5.41) is 9.92. The zero-order chi connectivity index (χ0) is 13.6. The average molecular weight is 437 g/mol. The summed E-state index contributed by atoms with van der Waals surface area (Å²) in [6, 6.07) is 0.894. The number of H-pyrrole nitrogens is 1. The molecular formula is C9H11Br2F3N3Ni. The van der Waals surface area contributed by atoms with Crippen LogP contribution in [0, 0.1) is 0 Å². The van der Waals surface area contributed by atoms with E-state index in [0.29, 0.717) is 5.69 Å². The third-order valence-corrected chi connectivity index (χ3v) is 2.48. The molecule has 0 aliphatic carbocycles. The molecule has 0 aromatic carbocycles. The van der Waals surface area contributed by atoms with Gasteiger partial charge in [0.1, 0.15) is 5.69 Å². The first-order chi connectivity index (χ1) is 8.49. The maximum absolute atomic E-state index is 12.3. The van der Waals surface area contributed by atoms with Crippen molar-refractivity contribution >= 4 is 28.5 Å². The number of piperidine rings is 1. The van der Waals surface area contributed by atoms with Gasteiger partial charge in [-0.25, -0.2) is 0 Å². The number of rotatable bonds is 1. The van der Waals surface area contributed by atoms with E-state index in [1.165, 1.54) is 10.9 Å². The minimum absolute atomic E-state index is 0.161. The number of nitrogens with one attached hydrogen (secondary N) is 1. The molecule has 3 nitrogen and oxygen atoms in total. The molecule has 0 saturated carbocycles. The zero-order valence-corrected chi connectivity index (χ0v) is 13.2. The van der Waals surface area contributed by atoms with Crippen molar-refractivity contribution < 1.29 is 24.1 Å². The molecule has 1 aliphatic heterocycles. The molecule has 1 unspecified atom stereocenters. The monoisotopic (exact) mass is 434 g/mol. The fourth-order valence-corrected chi connectivity index (χ4v) is 1.68. The molecule has 0 radical (unpaired) electrons. The summed E-state index contributed by atoms with van der Waals surface area (Å²) in [6.07, 6.45) is -1.53. The molecule has 1 saturated heterocycles. The molecule has 0 bridgehead atoms. The predicted octanol–water partition coefficient (Wildman–Crippen LogP) is 4.72. The molecule has 1 aromatic heterocycles. The molecule has 1 atom stereocenters. The number of halogens is 5. The number of alkyl halides is 3. The van der Waals surface area contributed by atoms with Crippen LogP contribution in [0.5, 0.6) is 0 Å². The molecule has 9 heteroatoms. The number of nitrogens with zero attached hydrogens (tertiary/aromatic N) is 2. The van der Waals surface area contributed by atoms with Crippen LogP contribution in [0.1, 0.15) is 36.7 Å². The van der Waals surface area contributed by atoms with Gasteiger partial charge < -0.3 is 5.32 Å². The summed E-state index contributed by atoms with van der Waals surface area (Å²) < 4.78 is 36.8. The fourth-order valence-electron chi connectivity index (χ4n) is 1.68. The molecular weight excluding hydrogens is 426 g/mol. The van der Waals surface area contributed by atoms with Crippen molar-refractivity contribution in [2.75, 3.05) is 6.54 Å². The second-order valence-corrected chi connectivity index (χ2v) is 8.65. The van der Waals surface area contributed by atoms with Gasteiger partial charge in [-0.05, 0) is 6.07 Å². The first-order valence-electron chi connectivity index (χ1n) is 5.10. The Morgan fingerprint density at radius 3 is 2.50 bits per heavy atom. The predicted molar refractivity (Wildman–Crippen MR) is 66.3 cm³/mol. The molecule has 18 heavy (non-hydrogen) atoms. The number of hydrogen-bond acceptors (Lipinski definition) is 1. The molecule has 1 N–H and O–H groups in total. The van der Waals surface area contributed by atoms with Crippen LogP contribution in [0.4, 0.5) is 13.2 Å². The Balaban J connectivity index is 0.000000492. The van der Waals surface area contributed by atoms with Gasteiger partial charge in [-0.2, -0.15) is 18.3 Å². The summed E-state index contributed by atoms with van der Waals surface area (Å²) in [7, 11) is 1.25. The van der Waals surface area contributed by atoms with Gasteiger partial charge >= 0.3 is 45.5 Å². The van der Waals surface area contributed by atoms with Crippen LogP contribution < -0.4 is 0 Å². The molecule has 0 amide bonds. The summed E-state index contributed by atoms with van der Waals surface area (Å²) in [6.45, 7) is 0.721. The second-order valence-electron chi connectivity index (χ2n) is 3.67. The van der Waals surface area contributed by atoms with Gasteiger partial charge in [0.15, 0.2) is 0 Å². The van der Waals surface area contributed by atoms with E-state index in [1.54, 1.807) is 0 Å². The molecule has 1 fully saturated rings. The number of aromatic amines is 1. The Hall–Kier alpha value is 0.414. The maximum atomic E-state index is 12.3. The van der Waals surface area contributed by atoms with E-state index in [4.69, 9.17) is 0 Å². The third kappa shape index (κ3) is 5.19. The minimum atomic E-state index is -4.35. The van der Waals surface area contributed by atoms with E-state index in [1.807, 2.05) is 5.10 Å². The molecule has 1 aromatic rings. The van der Waals surface area contributed by atoms with Crippen molar-refractivity contribution in [3.05, 3.63) is 22.8 Å². The van der Waals surface area contributed by atoms with Crippen molar-refractivity contribution in [1.29, 1.82) is 0 Å². The van der Waals surface area contributed by atoms with E-state index >= 15 is 0 Å². The summed E-state index contributed by atoms with van der Waals surface area (Å²) in [4.78, 5) is 0. The van der Waals surface area contributed by atoms with Gasteiger partial charge in [-0.15, -0.1) is 6.54 Å². The van der Waals surface area contributed by atoms with Crippen molar-refractivity contribution in [3.8, 4) is 0 Å². The second kappa shape index (κ2) is 7.87. The van der Waals surface area contributed by atoms with E-state index in [-0.39, 0.29) is 6.04 Å². The Morgan fingerprint density at radius 1 is 1.39 bits per heavy atom. The Kier molecular flexibility index (Phi) is 7.20. The summed E-state index contributed by atoms with van der Waals surface area (Å²) in [5.41, 5.74) is -0.389. The molecule has 2 heterocycles. The van der Waals surface area contributed by atoms with Gasteiger partial charge in [-0.1, -0.05) is 25.3 Å². The summed E-state index contributed by atoms with van der Waals surface area (Å²) >= 11 is 6.00. The molecule has 0 spiro atoms. The van der Waals surface area contributed by atoms with Crippen molar-refractivity contribution in [1.82, 2.24) is 10.2 Å². The topological polar surface area (TPSA) is 42.8 Å². The van der Waals surface area contributed by atoms with Gasteiger partial charge in [0, 0.05) is 5.69 Å². The number of aromatic nitrogens is 2.